The maximum absolute atomic E-state index is 13.0. The normalized spacial score (nSPS) is 19.9. The first-order chi connectivity index (χ1) is 20.1. The third kappa shape index (κ3) is 6.28. The zero-order valence-corrected chi connectivity index (χ0v) is 24.3. The van der Waals surface area contributed by atoms with Crippen molar-refractivity contribution in [2.24, 2.45) is 5.11 Å². The van der Waals surface area contributed by atoms with Crippen LogP contribution in [0.25, 0.3) is 21.5 Å². The molecule has 1 fully saturated rings. The standard InChI is InChI=1S/C26H29ClN8O6S/c1-14-11-35(25(39)30-24(14)38)21-10-17(31-32-28)19(41-21)13-40-22(37)5-3-2-4-20(36)33-6-7-34-23-15(12-33)8-16(27)9-18(23)29-26(34)42/h8-9,11,17,19,21H,2-7,10,12-13H2,1H3,(H,29,42)(H,30,38,39)/t17-,19+,21+/m0/s1. The first kappa shape index (κ1) is 29.6. The summed E-state index contributed by atoms with van der Waals surface area (Å²) in [6.45, 7) is 2.89. The van der Waals surface area contributed by atoms with Crippen LogP contribution in [0.4, 0.5) is 0 Å². The summed E-state index contributed by atoms with van der Waals surface area (Å²) in [7, 11) is 0. The van der Waals surface area contributed by atoms with E-state index in [2.05, 4.69) is 20.0 Å². The molecule has 4 heterocycles. The summed E-state index contributed by atoms with van der Waals surface area (Å²) in [6, 6.07) is 3.01. The fourth-order valence-corrected chi connectivity index (χ4v) is 5.91. The maximum atomic E-state index is 13.0. The smallest absolute Gasteiger partial charge is 0.330 e. The number of ether oxygens (including phenoxy) is 2. The molecule has 3 atom stereocenters. The van der Waals surface area contributed by atoms with Gasteiger partial charge in [-0.2, -0.15) is 0 Å². The largest absolute Gasteiger partial charge is 0.463 e. The Labute approximate surface area is 248 Å². The molecular formula is C26H29ClN8O6S. The van der Waals surface area contributed by atoms with E-state index in [1.165, 1.54) is 10.8 Å². The Balaban J connectivity index is 1.09. The van der Waals surface area contributed by atoms with Crippen LogP contribution < -0.4 is 11.2 Å². The van der Waals surface area contributed by atoms with E-state index >= 15 is 0 Å². The van der Waals surface area contributed by atoms with E-state index in [0.29, 0.717) is 47.8 Å². The lowest BCUT2D eigenvalue weighted by Crippen LogP contribution is -2.33. The molecule has 0 radical (unpaired) electrons. The van der Waals surface area contributed by atoms with Gasteiger partial charge in [0, 0.05) is 60.6 Å². The molecule has 14 nitrogen and oxygen atoms in total. The molecule has 0 spiro atoms. The van der Waals surface area contributed by atoms with Crippen molar-refractivity contribution in [3.8, 4) is 0 Å². The quantitative estimate of drug-likeness (QED) is 0.0919. The molecule has 16 heteroatoms. The van der Waals surface area contributed by atoms with Gasteiger partial charge in [0.2, 0.25) is 5.91 Å². The van der Waals surface area contributed by atoms with Crippen molar-refractivity contribution in [2.45, 2.75) is 70.5 Å². The molecule has 1 aromatic carbocycles. The topological polar surface area (TPSA) is 180 Å². The summed E-state index contributed by atoms with van der Waals surface area (Å²) in [5, 5.41) is 4.29. The molecule has 42 heavy (non-hydrogen) atoms. The fourth-order valence-electron chi connectivity index (χ4n) is 5.38. The monoisotopic (exact) mass is 616 g/mol. The van der Waals surface area contributed by atoms with Gasteiger partial charge in [0.25, 0.3) is 5.56 Å². The lowest BCUT2D eigenvalue weighted by molar-refractivity contribution is -0.149. The van der Waals surface area contributed by atoms with Gasteiger partial charge in [0.05, 0.1) is 17.1 Å². The molecule has 2 N–H and O–H groups in total. The average Bonchev–Trinajstić information content (AvgIpc) is 3.41. The van der Waals surface area contributed by atoms with Crippen LogP contribution in [0.2, 0.25) is 5.02 Å². The van der Waals surface area contributed by atoms with Gasteiger partial charge in [-0.3, -0.25) is 23.9 Å². The highest BCUT2D eigenvalue weighted by molar-refractivity contribution is 7.71. The third-order valence-electron chi connectivity index (χ3n) is 7.51. The number of imidazole rings is 1. The zero-order chi connectivity index (χ0) is 30.0. The highest BCUT2D eigenvalue weighted by atomic mass is 35.5. The van der Waals surface area contributed by atoms with Crippen molar-refractivity contribution in [1.82, 2.24) is 24.0 Å². The Hall–Kier alpha value is -3.91. The summed E-state index contributed by atoms with van der Waals surface area (Å²) in [5.74, 6) is -0.497. The minimum atomic E-state index is -0.792. The number of H-pyrrole nitrogens is 2. The molecule has 0 aliphatic carbocycles. The number of azide groups is 1. The number of halogens is 1. The zero-order valence-electron chi connectivity index (χ0n) is 22.7. The first-order valence-electron chi connectivity index (χ1n) is 13.5. The van der Waals surface area contributed by atoms with E-state index < -0.39 is 35.6 Å². The third-order valence-corrected chi connectivity index (χ3v) is 8.05. The van der Waals surface area contributed by atoms with E-state index in [-0.39, 0.29) is 31.8 Å². The molecular weight excluding hydrogens is 588 g/mol. The highest BCUT2D eigenvalue weighted by Gasteiger charge is 2.37. The lowest BCUT2D eigenvalue weighted by atomic mass is 10.1. The van der Waals surface area contributed by atoms with Crippen LogP contribution in [-0.4, -0.2) is 61.2 Å². The van der Waals surface area contributed by atoms with E-state index in [1.54, 1.807) is 11.8 Å². The van der Waals surface area contributed by atoms with Crippen molar-refractivity contribution in [2.75, 3.05) is 13.2 Å². The number of esters is 1. The van der Waals surface area contributed by atoms with Crippen LogP contribution in [0.15, 0.2) is 33.0 Å². The average molecular weight is 617 g/mol. The summed E-state index contributed by atoms with van der Waals surface area (Å²) < 4.78 is 15.0. The van der Waals surface area contributed by atoms with E-state index in [9.17, 15) is 19.2 Å². The predicted molar refractivity (Wildman–Crippen MR) is 154 cm³/mol. The molecule has 5 rings (SSSR count). The fraction of sp³-hybridized carbons (Fsp3) is 0.500. The van der Waals surface area contributed by atoms with Gasteiger partial charge in [-0.15, -0.1) is 0 Å². The van der Waals surface area contributed by atoms with Crippen molar-refractivity contribution in [3.05, 3.63) is 70.5 Å². The Morgan fingerprint density at radius 2 is 2.02 bits per heavy atom. The Morgan fingerprint density at radius 1 is 1.24 bits per heavy atom. The molecule has 1 amide bonds. The van der Waals surface area contributed by atoms with Gasteiger partial charge in [-0.1, -0.05) is 16.7 Å². The van der Waals surface area contributed by atoms with Crippen LogP contribution in [-0.2, 0) is 32.2 Å². The number of nitrogens with one attached hydrogen (secondary N) is 2. The molecule has 2 aliphatic heterocycles. The van der Waals surface area contributed by atoms with Crippen LogP contribution >= 0.6 is 23.8 Å². The van der Waals surface area contributed by atoms with Gasteiger partial charge in [-0.25, -0.2) is 4.79 Å². The Kier molecular flexibility index (Phi) is 8.82. The van der Waals surface area contributed by atoms with Gasteiger partial charge >= 0.3 is 11.7 Å². The molecule has 3 aromatic rings. The Morgan fingerprint density at radius 3 is 2.81 bits per heavy atom. The number of nitrogens with zero attached hydrogens (tertiary/aromatic N) is 6. The van der Waals surface area contributed by atoms with E-state index in [0.717, 1.165) is 16.6 Å². The molecule has 0 unspecified atom stereocenters. The van der Waals surface area contributed by atoms with E-state index in [1.807, 2.05) is 16.7 Å². The molecule has 2 aromatic heterocycles. The van der Waals surface area contributed by atoms with Gasteiger partial charge in [-0.05, 0) is 55.2 Å². The van der Waals surface area contributed by atoms with Crippen LogP contribution in [0.5, 0.6) is 0 Å². The summed E-state index contributed by atoms with van der Waals surface area (Å²) >= 11 is 11.7. The number of hydrogen-bond acceptors (Lipinski definition) is 8. The number of aryl methyl sites for hydroxylation is 1. The van der Waals surface area contributed by atoms with Crippen molar-refractivity contribution in [3.63, 3.8) is 0 Å². The summed E-state index contributed by atoms with van der Waals surface area (Å²) in [4.78, 5) is 59.3. The molecule has 0 saturated carbocycles. The second-order valence-corrected chi connectivity index (χ2v) is 11.2. The minimum Gasteiger partial charge on any atom is -0.463 e. The van der Waals surface area contributed by atoms with Crippen molar-refractivity contribution >= 4 is 46.7 Å². The molecule has 2 aliphatic rings. The number of rotatable bonds is 9. The second kappa shape index (κ2) is 12.5. The number of aromatic amines is 2. The highest BCUT2D eigenvalue weighted by Crippen LogP contribution is 2.31. The van der Waals surface area contributed by atoms with Gasteiger partial charge in [0.15, 0.2) is 4.77 Å². The van der Waals surface area contributed by atoms with Crippen molar-refractivity contribution in [1.29, 1.82) is 0 Å². The van der Waals surface area contributed by atoms with Gasteiger partial charge in [0.1, 0.15) is 18.9 Å². The molecule has 222 valence electrons. The number of aromatic nitrogens is 4. The Bertz CT molecular complexity index is 1760. The number of carbonyl (C=O) groups excluding carboxylic acids is 2. The van der Waals surface area contributed by atoms with Crippen LogP contribution in [0, 0.1) is 11.7 Å². The minimum absolute atomic E-state index is 0.0208. The first-order valence-corrected chi connectivity index (χ1v) is 14.3. The van der Waals surface area contributed by atoms with Crippen LogP contribution in [0.1, 0.15) is 49.5 Å². The number of hydrogen-bond donors (Lipinski definition) is 2. The lowest BCUT2D eigenvalue weighted by Gasteiger charge is -2.21. The van der Waals surface area contributed by atoms with E-state index in [4.69, 9.17) is 38.8 Å². The van der Waals surface area contributed by atoms with Crippen molar-refractivity contribution < 1.29 is 19.1 Å². The summed E-state index contributed by atoms with van der Waals surface area (Å²) in [5.41, 5.74) is 10.9. The maximum Gasteiger partial charge on any atom is 0.330 e. The molecule has 1 saturated heterocycles. The van der Waals surface area contributed by atoms with Crippen LogP contribution in [0.3, 0.4) is 0 Å². The number of amides is 1. The SMILES string of the molecule is Cc1cn([C@H]2C[C@H](N=[N+]=[N-])[C@@H](COC(=O)CCCCC(=O)N3CCn4c(=S)[nH]c5cc(Cl)cc(c54)C3)O2)c(=O)[nH]c1=O. The molecule has 0 bridgehead atoms. The predicted octanol–water partition coefficient (Wildman–Crippen LogP) is 3.62. The summed E-state index contributed by atoms with van der Waals surface area (Å²) in [6.07, 6.45) is 1.33. The number of unbranched alkanes of at least 4 members (excludes halogenated alkanes) is 1. The van der Waals surface area contributed by atoms with Gasteiger partial charge < -0.3 is 23.9 Å². The number of carbonyl (C=O) groups is 2. The number of benzene rings is 1. The second-order valence-electron chi connectivity index (χ2n) is 10.4.